The lowest BCUT2D eigenvalue weighted by atomic mass is 10.1. The Kier molecular flexibility index (Phi) is 6.62. The zero-order valence-corrected chi connectivity index (χ0v) is 20.0. The third kappa shape index (κ3) is 4.90. The van der Waals surface area contributed by atoms with Crippen molar-refractivity contribution in [2.75, 3.05) is 25.7 Å². The lowest BCUT2D eigenvalue weighted by Crippen LogP contribution is -2.28. The van der Waals surface area contributed by atoms with Crippen LogP contribution in [-0.2, 0) is 9.84 Å². The summed E-state index contributed by atoms with van der Waals surface area (Å²) >= 11 is 0. The van der Waals surface area contributed by atoms with Crippen molar-refractivity contribution in [1.82, 2.24) is 14.5 Å². The van der Waals surface area contributed by atoms with E-state index in [0.29, 0.717) is 23.7 Å². The minimum Gasteiger partial charge on any atom is -0.493 e. The molecule has 1 N–H and O–H groups in total. The molecule has 0 aliphatic carbocycles. The highest BCUT2D eigenvalue weighted by Crippen LogP contribution is 2.33. The van der Waals surface area contributed by atoms with E-state index >= 15 is 0 Å². The maximum atomic E-state index is 14.3. The van der Waals surface area contributed by atoms with Gasteiger partial charge in [-0.2, -0.15) is 0 Å². The standard InChI is InChI=1S/C24H23F2N3O5S/c1-4-34-21-11-14(8-9-20(21)33-2)19(13-35(3,31)32)29-23-18(28-24(29)30)10-15(12-27-23)16-6-5-7-17(25)22(16)26/h5-12,19H,4,13H2,1-3H3,(H,28,30)/t19-/m0/s1. The normalized spacial score (nSPS) is 12.6. The average Bonchev–Trinajstić information content (AvgIpc) is 3.13. The molecule has 0 bridgehead atoms. The molecule has 0 aliphatic rings. The second-order valence-corrected chi connectivity index (χ2v) is 10.1. The molecule has 0 fully saturated rings. The second-order valence-electron chi connectivity index (χ2n) is 7.95. The molecule has 2 aromatic heterocycles. The van der Waals surface area contributed by atoms with Crippen molar-refractivity contribution in [3.05, 3.63) is 76.3 Å². The number of sulfone groups is 1. The Morgan fingerprint density at radius 3 is 2.60 bits per heavy atom. The van der Waals surface area contributed by atoms with Crippen molar-refractivity contribution in [3.8, 4) is 22.6 Å². The number of pyridine rings is 1. The highest BCUT2D eigenvalue weighted by Gasteiger charge is 2.26. The number of hydrogen-bond donors (Lipinski definition) is 1. The Morgan fingerprint density at radius 1 is 1.14 bits per heavy atom. The van der Waals surface area contributed by atoms with Gasteiger partial charge in [-0.05, 0) is 36.8 Å². The third-order valence-electron chi connectivity index (χ3n) is 5.46. The smallest absolute Gasteiger partial charge is 0.328 e. The van der Waals surface area contributed by atoms with Crippen LogP contribution in [0.25, 0.3) is 22.3 Å². The SMILES string of the molecule is CCOc1cc([C@H](CS(C)(=O)=O)n2c(=O)[nH]c3cc(-c4cccc(F)c4F)cnc32)ccc1OC. The van der Waals surface area contributed by atoms with E-state index in [1.54, 1.807) is 25.1 Å². The molecule has 0 spiro atoms. The van der Waals surface area contributed by atoms with Crippen molar-refractivity contribution < 1.29 is 26.7 Å². The summed E-state index contributed by atoms with van der Waals surface area (Å²) in [4.78, 5) is 20.0. The van der Waals surface area contributed by atoms with Crippen molar-refractivity contribution in [2.24, 2.45) is 0 Å². The number of fused-ring (bicyclic) bond motifs is 1. The van der Waals surface area contributed by atoms with Crippen molar-refractivity contribution >= 4 is 21.0 Å². The molecule has 4 rings (SSSR count). The molecule has 35 heavy (non-hydrogen) atoms. The van der Waals surface area contributed by atoms with E-state index in [1.807, 2.05) is 0 Å². The van der Waals surface area contributed by atoms with Crippen molar-refractivity contribution in [2.45, 2.75) is 13.0 Å². The number of aromatic amines is 1. The van der Waals surface area contributed by atoms with Gasteiger partial charge in [-0.25, -0.2) is 27.0 Å². The van der Waals surface area contributed by atoms with Crippen LogP contribution in [-0.4, -0.2) is 48.7 Å². The van der Waals surface area contributed by atoms with Gasteiger partial charge in [0.2, 0.25) is 0 Å². The summed E-state index contributed by atoms with van der Waals surface area (Å²) in [6, 6.07) is 9.20. The number of ether oxygens (including phenoxy) is 2. The Balaban J connectivity index is 1.89. The fraction of sp³-hybridized carbons (Fsp3) is 0.250. The Bertz CT molecular complexity index is 1560. The molecule has 1 atom stereocenters. The minimum atomic E-state index is -3.55. The predicted molar refractivity (Wildman–Crippen MR) is 128 cm³/mol. The quantitative estimate of drug-likeness (QED) is 0.393. The molecule has 11 heteroatoms. The van der Waals surface area contributed by atoms with Crippen LogP contribution in [0.1, 0.15) is 18.5 Å². The Morgan fingerprint density at radius 2 is 1.91 bits per heavy atom. The molecular formula is C24H23F2N3O5S. The molecule has 4 aromatic rings. The van der Waals surface area contributed by atoms with Crippen molar-refractivity contribution in [1.29, 1.82) is 0 Å². The first kappa shape index (κ1) is 24.4. The van der Waals surface area contributed by atoms with Crippen LogP contribution in [0.15, 0.2) is 53.5 Å². The molecule has 0 amide bonds. The summed E-state index contributed by atoms with van der Waals surface area (Å²) in [5, 5.41) is 0. The molecule has 0 saturated heterocycles. The van der Waals surface area contributed by atoms with Crippen LogP contribution in [0.2, 0.25) is 0 Å². The number of rotatable bonds is 8. The fourth-order valence-electron chi connectivity index (χ4n) is 3.95. The number of aromatic nitrogens is 3. The number of H-pyrrole nitrogens is 1. The average molecular weight is 504 g/mol. The maximum absolute atomic E-state index is 14.3. The van der Waals surface area contributed by atoms with Crippen LogP contribution in [0.4, 0.5) is 8.78 Å². The van der Waals surface area contributed by atoms with Gasteiger partial charge in [0.15, 0.2) is 28.8 Å². The van der Waals surface area contributed by atoms with Crippen LogP contribution in [0, 0.1) is 11.6 Å². The van der Waals surface area contributed by atoms with Gasteiger partial charge in [-0.1, -0.05) is 18.2 Å². The Hall–Kier alpha value is -3.73. The molecule has 0 aliphatic heterocycles. The van der Waals surface area contributed by atoms with Crippen LogP contribution in [0.5, 0.6) is 11.5 Å². The molecule has 8 nitrogen and oxygen atoms in total. The molecule has 184 valence electrons. The summed E-state index contributed by atoms with van der Waals surface area (Å²) in [7, 11) is -2.07. The van der Waals surface area contributed by atoms with Gasteiger partial charge in [-0.3, -0.25) is 4.57 Å². The van der Waals surface area contributed by atoms with E-state index in [0.717, 1.165) is 12.3 Å². The number of nitrogens with zero attached hydrogens (tertiary/aromatic N) is 2. The van der Waals surface area contributed by atoms with E-state index in [9.17, 15) is 22.0 Å². The van der Waals surface area contributed by atoms with Gasteiger partial charge in [0, 0.05) is 23.6 Å². The number of halogens is 2. The summed E-state index contributed by atoms with van der Waals surface area (Å²) in [6.07, 6.45) is 2.38. The third-order valence-corrected chi connectivity index (χ3v) is 6.38. The zero-order chi connectivity index (χ0) is 25.3. The summed E-state index contributed by atoms with van der Waals surface area (Å²) in [5.74, 6) is -1.58. The van der Waals surface area contributed by atoms with Gasteiger partial charge in [0.25, 0.3) is 0 Å². The minimum absolute atomic E-state index is 0.0165. The number of benzene rings is 2. The van der Waals surface area contributed by atoms with Crippen LogP contribution >= 0.6 is 0 Å². The zero-order valence-electron chi connectivity index (χ0n) is 19.2. The maximum Gasteiger partial charge on any atom is 0.328 e. The number of hydrogen-bond acceptors (Lipinski definition) is 6. The van der Waals surface area contributed by atoms with Gasteiger partial charge in [0.1, 0.15) is 9.84 Å². The first-order valence-electron chi connectivity index (χ1n) is 10.7. The largest absolute Gasteiger partial charge is 0.493 e. The van der Waals surface area contributed by atoms with E-state index < -0.39 is 33.2 Å². The number of methoxy groups -OCH3 is 1. The molecule has 0 unspecified atom stereocenters. The first-order valence-corrected chi connectivity index (χ1v) is 12.7. The molecule has 0 saturated carbocycles. The van der Waals surface area contributed by atoms with Crippen LogP contribution in [0.3, 0.4) is 0 Å². The number of imidazole rings is 1. The van der Waals surface area contributed by atoms with Gasteiger partial charge >= 0.3 is 5.69 Å². The summed E-state index contributed by atoms with van der Waals surface area (Å²) < 4.78 is 64.8. The van der Waals surface area contributed by atoms with Gasteiger partial charge in [-0.15, -0.1) is 0 Å². The lowest BCUT2D eigenvalue weighted by molar-refractivity contribution is 0.310. The Labute approximate surface area is 200 Å². The van der Waals surface area contributed by atoms with Gasteiger partial charge < -0.3 is 14.5 Å². The van der Waals surface area contributed by atoms with E-state index in [-0.39, 0.29) is 28.0 Å². The molecular weight excluding hydrogens is 480 g/mol. The lowest BCUT2D eigenvalue weighted by Gasteiger charge is -2.20. The first-order chi connectivity index (χ1) is 16.6. The highest BCUT2D eigenvalue weighted by molar-refractivity contribution is 7.90. The molecule has 2 aromatic carbocycles. The van der Waals surface area contributed by atoms with Crippen LogP contribution < -0.4 is 15.2 Å². The van der Waals surface area contributed by atoms with Gasteiger partial charge in [0.05, 0.1) is 31.0 Å². The summed E-state index contributed by atoms with van der Waals surface area (Å²) in [6.45, 7) is 2.15. The predicted octanol–water partition coefficient (Wildman–Crippen LogP) is 3.71. The highest BCUT2D eigenvalue weighted by atomic mass is 32.2. The fourth-order valence-corrected chi connectivity index (χ4v) is 4.87. The molecule has 0 radical (unpaired) electrons. The second kappa shape index (κ2) is 9.49. The molecule has 2 heterocycles. The van der Waals surface area contributed by atoms with E-state index in [4.69, 9.17) is 9.47 Å². The number of nitrogens with one attached hydrogen (secondary N) is 1. The van der Waals surface area contributed by atoms with Crippen molar-refractivity contribution in [3.63, 3.8) is 0 Å². The monoisotopic (exact) mass is 503 g/mol. The van der Waals surface area contributed by atoms with E-state index in [2.05, 4.69) is 9.97 Å². The topological polar surface area (TPSA) is 103 Å². The van der Waals surface area contributed by atoms with E-state index in [1.165, 1.54) is 36.1 Å². The summed E-state index contributed by atoms with van der Waals surface area (Å²) in [5.41, 5.74) is 0.533.